The lowest BCUT2D eigenvalue weighted by molar-refractivity contribution is -0.116. The van der Waals surface area contributed by atoms with Gasteiger partial charge in [-0.25, -0.2) is 4.98 Å². The summed E-state index contributed by atoms with van der Waals surface area (Å²) in [6, 6.07) is 13.4. The number of amides is 1. The van der Waals surface area contributed by atoms with Crippen molar-refractivity contribution in [2.75, 3.05) is 25.3 Å². The van der Waals surface area contributed by atoms with Gasteiger partial charge in [0.15, 0.2) is 4.34 Å². The molecule has 0 spiro atoms. The van der Waals surface area contributed by atoms with Crippen molar-refractivity contribution in [2.45, 2.75) is 17.2 Å². The predicted octanol–water partition coefficient (Wildman–Crippen LogP) is 4.82. The monoisotopic (exact) mass is 388 g/mol. The fourth-order valence-corrected chi connectivity index (χ4v) is 4.50. The van der Waals surface area contributed by atoms with Gasteiger partial charge in [-0.1, -0.05) is 23.9 Å². The zero-order valence-corrected chi connectivity index (χ0v) is 16.3. The molecule has 7 heteroatoms. The molecule has 0 atom stereocenters. The fraction of sp³-hybridized carbons (Fsp3) is 0.263. The predicted molar refractivity (Wildman–Crippen MR) is 108 cm³/mol. The van der Waals surface area contributed by atoms with Crippen molar-refractivity contribution in [3.63, 3.8) is 0 Å². The minimum absolute atomic E-state index is 0.0293. The lowest BCUT2D eigenvalue weighted by Gasteiger charge is -2.11. The molecule has 1 N–H and O–H groups in total. The summed E-state index contributed by atoms with van der Waals surface area (Å²) in [5.74, 6) is 2.10. The van der Waals surface area contributed by atoms with Crippen molar-refractivity contribution in [1.29, 1.82) is 0 Å². The number of para-hydroxylation sites is 1. The summed E-state index contributed by atoms with van der Waals surface area (Å²) in [4.78, 5) is 16.8. The van der Waals surface area contributed by atoms with E-state index in [9.17, 15) is 4.79 Å². The molecule has 0 unspecified atom stereocenters. The molecule has 0 saturated carbocycles. The van der Waals surface area contributed by atoms with Crippen molar-refractivity contribution in [1.82, 2.24) is 4.98 Å². The van der Waals surface area contributed by atoms with Crippen LogP contribution >= 0.6 is 23.1 Å². The van der Waals surface area contributed by atoms with Crippen LogP contribution in [0.2, 0.25) is 0 Å². The number of thioether (sulfide) groups is 1. The highest BCUT2D eigenvalue weighted by Crippen LogP contribution is 2.31. The molecule has 136 valence electrons. The molecule has 0 saturated heterocycles. The number of rotatable bonds is 8. The molecule has 2 aromatic carbocycles. The summed E-state index contributed by atoms with van der Waals surface area (Å²) in [6.07, 6.45) is 1.23. The second-order valence-corrected chi connectivity index (χ2v) is 7.89. The summed E-state index contributed by atoms with van der Waals surface area (Å²) in [7, 11) is 3.16. The Morgan fingerprint density at radius 3 is 2.81 bits per heavy atom. The molecule has 26 heavy (non-hydrogen) atoms. The number of carbonyl (C=O) groups is 1. The first-order valence-corrected chi connectivity index (χ1v) is 10.00. The smallest absolute Gasteiger partial charge is 0.224 e. The summed E-state index contributed by atoms with van der Waals surface area (Å²) < 4.78 is 12.7. The van der Waals surface area contributed by atoms with Gasteiger partial charge in [0, 0.05) is 18.2 Å². The van der Waals surface area contributed by atoms with Crippen LogP contribution < -0.4 is 14.8 Å². The number of aromatic nitrogens is 1. The van der Waals surface area contributed by atoms with Gasteiger partial charge < -0.3 is 14.8 Å². The van der Waals surface area contributed by atoms with Gasteiger partial charge in [0.05, 0.1) is 30.1 Å². The first-order valence-electron chi connectivity index (χ1n) is 8.20. The average molecular weight is 389 g/mol. The van der Waals surface area contributed by atoms with Gasteiger partial charge in [0.1, 0.15) is 11.5 Å². The fourth-order valence-electron chi connectivity index (χ4n) is 2.42. The summed E-state index contributed by atoms with van der Waals surface area (Å²) >= 11 is 3.38. The molecular weight excluding hydrogens is 368 g/mol. The Hall–Kier alpha value is -2.25. The molecule has 0 aliphatic heterocycles. The van der Waals surface area contributed by atoms with Gasteiger partial charge in [0.25, 0.3) is 0 Å². The Morgan fingerprint density at radius 1 is 1.19 bits per heavy atom. The molecular formula is C19H20N2O3S2. The number of anilines is 1. The van der Waals surface area contributed by atoms with Crippen LogP contribution in [-0.2, 0) is 4.79 Å². The molecule has 0 fully saturated rings. The van der Waals surface area contributed by atoms with Crippen LogP contribution in [0.5, 0.6) is 11.5 Å². The van der Waals surface area contributed by atoms with E-state index in [-0.39, 0.29) is 5.91 Å². The van der Waals surface area contributed by atoms with Crippen molar-refractivity contribution in [2.24, 2.45) is 0 Å². The standard InChI is InChI=1S/C19H20N2O3S2/c1-23-13-9-10-14(16(12-13)24-2)20-18(22)8-5-11-25-19-21-15-6-3-4-7-17(15)26-19/h3-4,6-7,9-10,12H,5,8,11H2,1-2H3,(H,20,22). The lowest BCUT2D eigenvalue weighted by Crippen LogP contribution is -2.12. The number of hydrogen-bond donors (Lipinski definition) is 1. The number of fused-ring (bicyclic) bond motifs is 1. The highest BCUT2D eigenvalue weighted by Gasteiger charge is 2.09. The van der Waals surface area contributed by atoms with Crippen LogP contribution in [0.3, 0.4) is 0 Å². The number of nitrogens with zero attached hydrogens (tertiary/aromatic N) is 1. The summed E-state index contributed by atoms with van der Waals surface area (Å²) in [6.45, 7) is 0. The molecule has 3 rings (SSSR count). The van der Waals surface area contributed by atoms with E-state index in [1.807, 2.05) is 18.2 Å². The first kappa shape index (κ1) is 18.5. The number of nitrogens with one attached hydrogen (secondary N) is 1. The third kappa shape index (κ3) is 4.68. The Morgan fingerprint density at radius 2 is 2.04 bits per heavy atom. The molecule has 0 bridgehead atoms. The molecule has 0 aliphatic carbocycles. The number of ether oxygens (including phenoxy) is 2. The second kappa shape index (κ2) is 8.91. The van der Waals surface area contributed by atoms with Crippen LogP contribution in [0.25, 0.3) is 10.2 Å². The molecule has 0 aliphatic rings. The van der Waals surface area contributed by atoms with E-state index in [1.54, 1.807) is 55.5 Å². The van der Waals surface area contributed by atoms with E-state index in [1.165, 1.54) is 4.70 Å². The number of benzene rings is 2. The summed E-state index contributed by atoms with van der Waals surface area (Å²) in [5.41, 5.74) is 1.68. The van der Waals surface area contributed by atoms with Gasteiger partial charge in [-0.15, -0.1) is 11.3 Å². The number of carbonyl (C=O) groups excluding carboxylic acids is 1. The maximum absolute atomic E-state index is 12.2. The Kier molecular flexibility index (Phi) is 6.35. The first-order chi connectivity index (χ1) is 12.7. The quantitative estimate of drug-likeness (QED) is 0.443. The maximum Gasteiger partial charge on any atom is 0.224 e. The SMILES string of the molecule is COc1ccc(NC(=O)CCCSc2nc3ccccc3s2)c(OC)c1. The zero-order valence-electron chi connectivity index (χ0n) is 14.7. The maximum atomic E-state index is 12.2. The van der Waals surface area contributed by atoms with Crippen LogP contribution in [0.15, 0.2) is 46.8 Å². The van der Waals surface area contributed by atoms with E-state index in [0.29, 0.717) is 23.6 Å². The number of methoxy groups -OCH3 is 2. The van der Waals surface area contributed by atoms with Gasteiger partial charge in [-0.3, -0.25) is 4.79 Å². The zero-order chi connectivity index (χ0) is 18.4. The minimum Gasteiger partial charge on any atom is -0.497 e. The minimum atomic E-state index is -0.0293. The normalized spacial score (nSPS) is 10.7. The molecule has 5 nitrogen and oxygen atoms in total. The van der Waals surface area contributed by atoms with Crippen LogP contribution in [0.4, 0.5) is 5.69 Å². The number of hydrogen-bond acceptors (Lipinski definition) is 6. The van der Waals surface area contributed by atoms with Gasteiger partial charge in [0.2, 0.25) is 5.91 Å². The molecule has 3 aromatic rings. The molecule has 1 heterocycles. The Labute approximate surface area is 160 Å². The Balaban J connectivity index is 1.47. The largest absolute Gasteiger partial charge is 0.497 e. The highest BCUT2D eigenvalue weighted by molar-refractivity contribution is 8.01. The van der Waals surface area contributed by atoms with E-state index in [0.717, 1.165) is 22.0 Å². The van der Waals surface area contributed by atoms with Gasteiger partial charge in [-0.05, 0) is 30.7 Å². The summed E-state index contributed by atoms with van der Waals surface area (Å²) in [5, 5.41) is 2.89. The topological polar surface area (TPSA) is 60.5 Å². The molecule has 1 aromatic heterocycles. The molecule has 1 amide bonds. The van der Waals surface area contributed by atoms with Crippen molar-refractivity contribution in [3.05, 3.63) is 42.5 Å². The van der Waals surface area contributed by atoms with E-state index in [4.69, 9.17) is 9.47 Å². The van der Waals surface area contributed by atoms with Gasteiger partial charge in [-0.2, -0.15) is 0 Å². The number of thiazole rings is 1. The Bertz CT molecular complexity index is 862. The van der Waals surface area contributed by atoms with Gasteiger partial charge >= 0.3 is 0 Å². The third-order valence-corrected chi connectivity index (χ3v) is 6.00. The van der Waals surface area contributed by atoms with E-state index >= 15 is 0 Å². The molecule has 0 radical (unpaired) electrons. The van der Waals surface area contributed by atoms with Crippen molar-refractivity contribution < 1.29 is 14.3 Å². The van der Waals surface area contributed by atoms with Crippen LogP contribution in [0, 0.1) is 0 Å². The highest BCUT2D eigenvalue weighted by atomic mass is 32.2. The van der Waals surface area contributed by atoms with E-state index in [2.05, 4.69) is 16.4 Å². The lowest BCUT2D eigenvalue weighted by atomic mass is 10.2. The van der Waals surface area contributed by atoms with E-state index < -0.39 is 0 Å². The average Bonchev–Trinajstić information content (AvgIpc) is 3.08. The van der Waals surface area contributed by atoms with Crippen molar-refractivity contribution >= 4 is 44.9 Å². The third-order valence-electron chi connectivity index (χ3n) is 3.73. The van der Waals surface area contributed by atoms with Crippen LogP contribution in [-0.4, -0.2) is 30.9 Å². The van der Waals surface area contributed by atoms with Crippen molar-refractivity contribution in [3.8, 4) is 11.5 Å². The second-order valence-electron chi connectivity index (χ2n) is 5.51. The van der Waals surface area contributed by atoms with Crippen LogP contribution in [0.1, 0.15) is 12.8 Å².